The largest absolute Gasteiger partial charge is 0.466 e. The fraction of sp³-hybridized carbons (Fsp3) is 0.750. The van der Waals surface area contributed by atoms with E-state index in [4.69, 9.17) is 8.85 Å². The SMILES string of the molecule is CC(=O)[Si](C)(CCCOC(=O)CC[SiH](C)O[SiH3])C(C)=O. The van der Waals surface area contributed by atoms with Gasteiger partial charge in [0.1, 0.15) is 21.3 Å². The molecule has 0 N–H and O–H groups in total. The Morgan fingerprint density at radius 3 is 2.20 bits per heavy atom. The summed E-state index contributed by atoms with van der Waals surface area (Å²) >= 11 is 0. The molecule has 0 aliphatic rings. The van der Waals surface area contributed by atoms with Crippen LogP contribution in [0, 0.1) is 0 Å². The zero-order chi connectivity index (χ0) is 15.8. The van der Waals surface area contributed by atoms with Gasteiger partial charge in [0.15, 0.2) is 9.04 Å². The molecule has 0 aromatic carbocycles. The van der Waals surface area contributed by atoms with E-state index in [-0.39, 0.29) is 16.8 Å². The molecule has 0 bridgehead atoms. The third kappa shape index (κ3) is 6.73. The maximum atomic E-state index is 11.6. The standard InChI is InChI=1S/C12H26O5Si3/c1-10(13)20(4,11(2)14)9-5-7-16-12(15)6-8-19(3)17-18/h19H,5-9H2,1-4,18H3. The number of hydrogen-bond donors (Lipinski definition) is 0. The lowest BCUT2D eigenvalue weighted by Crippen LogP contribution is -2.47. The zero-order valence-electron chi connectivity index (χ0n) is 13.2. The first-order valence-corrected chi connectivity index (χ1v) is 12.9. The summed E-state index contributed by atoms with van der Waals surface area (Å²) in [7, 11) is -2.92. The summed E-state index contributed by atoms with van der Waals surface area (Å²) in [5.74, 6) is -0.211. The molecular weight excluding hydrogens is 308 g/mol. The molecule has 0 rings (SSSR count). The molecule has 0 radical (unpaired) electrons. The molecule has 5 nitrogen and oxygen atoms in total. The van der Waals surface area contributed by atoms with Gasteiger partial charge in [0.05, 0.1) is 6.61 Å². The van der Waals surface area contributed by atoms with E-state index >= 15 is 0 Å². The molecule has 0 aliphatic carbocycles. The first kappa shape index (κ1) is 19.4. The van der Waals surface area contributed by atoms with Gasteiger partial charge in [-0.1, -0.05) is 6.55 Å². The van der Waals surface area contributed by atoms with Gasteiger partial charge < -0.3 is 18.4 Å². The Morgan fingerprint density at radius 2 is 1.75 bits per heavy atom. The molecule has 0 saturated heterocycles. The molecule has 0 fully saturated rings. The van der Waals surface area contributed by atoms with E-state index in [0.717, 1.165) is 16.5 Å². The molecule has 0 aromatic heterocycles. The Bertz CT molecular complexity index is 345. The molecule has 0 saturated carbocycles. The van der Waals surface area contributed by atoms with E-state index in [2.05, 4.69) is 6.55 Å². The summed E-state index contributed by atoms with van der Waals surface area (Å²) < 4.78 is 10.5. The summed E-state index contributed by atoms with van der Waals surface area (Å²) in [6, 6.07) is 1.36. The molecular formula is C12H26O5Si3. The molecule has 0 aliphatic heterocycles. The highest BCUT2D eigenvalue weighted by molar-refractivity contribution is 7.24. The van der Waals surface area contributed by atoms with Gasteiger partial charge in [-0.3, -0.25) is 4.79 Å². The minimum absolute atomic E-state index is 0.000382. The van der Waals surface area contributed by atoms with E-state index in [1.54, 1.807) is 6.55 Å². The van der Waals surface area contributed by atoms with Gasteiger partial charge in [0, 0.05) is 6.42 Å². The first-order valence-electron chi connectivity index (χ1n) is 6.94. The summed E-state index contributed by atoms with van der Waals surface area (Å²) in [6.45, 7) is 7.12. The highest BCUT2D eigenvalue weighted by Crippen LogP contribution is 2.15. The minimum atomic E-state index is -2.50. The summed E-state index contributed by atoms with van der Waals surface area (Å²) in [5.41, 5.74) is 0. The molecule has 0 heterocycles. The van der Waals surface area contributed by atoms with Crippen molar-refractivity contribution in [3.63, 3.8) is 0 Å². The third-order valence-corrected chi connectivity index (χ3v) is 12.6. The zero-order valence-corrected chi connectivity index (χ0v) is 17.3. The van der Waals surface area contributed by atoms with Crippen molar-refractivity contribution in [1.82, 2.24) is 0 Å². The fourth-order valence-electron chi connectivity index (χ4n) is 1.72. The molecule has 20 heavy (non-hydrogen) atoms. The molecule has 8 heteroatoms. The summed E-state index contributed by atoms with van der Waals surface area (Å²) in [4.78, 5) is 34.6. The smallest absolute Gasteiger partial charge is 0.305 e. The maximum Gasteiger partial charge on any atom is 0.305 e. The Labute approximate surface area is 126 Å². The quantitative estimate of drug-likeness (QED) is 0.326. The van der Waals surface area contributed by atoms with Crippen LogP contribution in [0.3, 0.4) is 0 Å². The number of carbonyl (C=O) groups is 3. The second-order valence-electron chi connectivity index (χ2n) is 5.35. The lowest BCUT2D eigenvalue weighted by atomic mass is 10.5. The monoisotopic (exact) mass is 334 g/mol. The summed E-state index contributed by atoms with van der Waals surface area (Å²) in [6.07, 6.45) is 0.988. The van der Waals surface area contributed by atoms with Crippen LogP contribution in [0.1, 0.15) is 26.7 Å². The number of carbonyl (C=O) groups excluding carboxylic acids is 3. The maximum absolute atomic E-state index is 11.6. The van der Waals surface area contributed by atoms with Crippen LogP contribution in [-0.2, 0) is 23.2 Å². The number of ether oxygens (including phenoxy) is 1. The molecule has 1 atom stereocenters. The highest BCUT2D eigenvalue weighted by Gasteiger charge is 2.37. The van der Waals surface area contributed by atoms with E-state index in [9.17, 15) is 14.4 Å². The van der Waals surface area contributed by atoms with Crippen LogP contribution in [0.5, 0.6) is 0 Å². The molecule has 116 valence electrons. The van der Waals surface area contributed by atoms with E-state index in [1.807, 2.05) is 0 Å². The number of rotatable bonds is 10. The van der Waals surface area contributed by atoms with Crippen LogP contribution < -0.4 is 0 Å². The number of esters is 1. The topological polar surface area (TPSA) is 69.7 Å². The van der Waals surface area contributed by atoms with Crippen molar-refractivity contribution >= 4 is 44.4 Å². The van der Waals surface area contributed by atoms with Gasteiger partial charge in [0.25, 0.3) is 0 Å². The minimum Gasteiger partial charge on any atom is -0.466 e. The summed E-state index contributed by atoms with van der Waals surface area (Å²) in [5, 5.41) is 0.000764. The average Bonchev–Trinajstić information content (AvgIpc) is 2.39. The van der Waals surface area contributed by atoms with Gasteiger partial charge in [0.2, 0.25) is 8.07 Å². The third-order valence-electron chi connectivity index (χ3n) is 3.80. The van der Waals surface area contributed by atoms with Gasteiger partial charge in [-0.15, -0.1) is 0 Å². The van der Waals surface area contributed by atoms with Crippen molar-refractivity contribution in [2.24, 2.45) is 0 Å². The van der Waals surface area contributed by atoms with E-state index in [0.29, 0.717) is 25.5 Å². The van der Waals surface area contributed by atoms with Gasteiger partial charge in [-0.05, 0) is 38.9 Å². The Hall–Kier alpha value is -0.579. The van der Waals surface area contributed by atoms with Gasteiger partial charge in [-0.2, -0.15) is 0 Å². The normalized spacial score (nSPS) is 13.0. The van der Waals surface area contributed by atoms with Crippen LogP contribution in [-0.4, -0.2) is 51.0 Å². The predicted octanol–water partition coefficient (Wildman–Crippen LogP) is 0.295. The fourth-order valence-corrected chi connectivity index (χ4v) is 5.36. The molecule has 1 unspecified atom stereocenters. The second-order valence-corrected chi connectivity index (χ2v) is 14.0. The molecule has 0 amide bonds. The van der Waals surface area contributed by atoms with Crippen LogP contribution in [0.2, 0.25) is 25.2 Å². The van der Waals surface area contributed by atoms with Gasteiger partial charge in [-0.25, -0.2) is 0 Å². The first-order chi connectivity index (χ1) is 9.24. The van der Waals surface area contributed by atoms with Crippen molar-refractivity contribution in [2.75, 3.05) is 6.61 Å². The molecule has 0 spiro atoms. The lowest BCUT2D eigenvalue weighted by molar-refractivity contribution is -0.143. The van der Waals surface area contributed by atoms with Gasteiger partial charge >= 0.3 is 5.97 Å². The van der Waals surface area contributed by atoms with Crippen molar-refractivity contribution in [2.45, 2.75) is 51.9 Å². The van der Waals surface area contributed by atoms with Crippen LogP contribution >= 0.6 is 0 Å². The van der Waals surface area contributed by atoms with Crippen molar-refractivity contribution in [3.05, 3.63) is 0 Å². The Balaban J connectivity index is 3.98. The van der Waals surface area contributed by atoms with Crippen molar-refractivity contribution in [1.29, 1.82) is 0 Å². The second kappa shape index (κ2) is 9.37. The van der Waals surface area contributed by atoms with E-state index < -0.39 is 17.1 Å². The van der Waals surface area contributed by atoms with E-state index in [1.165, 1.54) is 13.8 Å². The van der Waals surface area contributed by atoms with Crippen molar-refractivity contribution < 1.29 is 23.2 Å². The highest BCUT2D eigenvalue weighted by atomic mass is 28.3. The predicted molar refractivity (Wildman–Crippen MR) is 86.8 cm³/mol. The Kier molecular flexibility index (Phi) is 9.10. The molecule has 0 aromatic rings. The van der Waals surface area contributed by atoms with Crippen LogP contribution in [0.15, 0.2) is 0 Å². The van der Waals surface area contributed by atoms with Crippen LogP contribution in [0.4, 0.5) is 0 Å². The van der Waals surface area contributed by atoms with Crippen LogP contribution in [0.25, 0.3) is 0 Å². The van der Waals surface area contributed by atoms with Crippen molar-refractivity contribution in [3.8, 4) is 0 Å². The Morgan fingerprint density at radius 1 is 1.20 bits per heavy atom. The lowest BCUT2D eigenvalue weighted by Gasteiger charge is -2.20. The average molecular weight is 335 g/mol. The number of hydrogen-bond acceptors (Lipinski definition) is 5.